The quantitative estimate of drug-likeness (QED) is 0.527. The number of rotatable bonds is 6. The summed E-state index contributed by atoms with van der Waals surface area (Å²) in [6, 6.07) is 4.19. The number of hydrogen-bond donors (Lipinski definition) is 2. The van der Waals surface area contributed by atoms with Crippen molar-refractivity contribution in [3.8, 4) is 0 Å². The van der Waals surface area contributed by atoms with Gasteiger partial charge < -0.3 is 25.2 Å². The molecule has 2 N–H and O–H groups in total. The van der Waals surface area contributed by atoms with E-state index in [2.05, 4.69) is 27.1 Å². The smallest absolute Gasteiger partial charge is 0.410 e. The Balaban J connectivity index is 1.95. The Morgan fingerprint density at radius 1 is 1.37 bits per heavy atom. The van der Waals surface area contributed by atoms with Gasteiger partial charge in [-0.2, -0.15) is 0 Å². The molecule has 1 fully saturated rings. The number of likely N-dealkylation sites (tertiary alicyclic amines) is 1. The van der Waals surface area contributed by atoms with Crippen molar-refractivity contribution in [2.75, 3.05) is 40.3 Å². The fourth-order valence-corrected chi connectivity index (χ4v) is 3.69. The Hall–Kier alpha value is -2.29. The number of amides is 2. The van der Waals surface area contributed by atoms with Crippen LogP contribution in [0, 0.1) is 0 Å². The van der Waals surface area contributed by atoms with Gasteiger partial charge in [-0.05, 0) is 51.5 Å². The molecule has 1 unspecified atom stereocenters. The van der Waals surface area contributed by atoms with E-state index in [1.165, 1.54) is 9.78 Å². The summed E-state index contributed by atoms with van der Waals surface area (Å²) in [6.45, 7) is 7.62. The van der Waals surface area contributed by atoms with E-state index in [4.69, 9.17) is 4.74 Å². The molecule has 30 heavy (non-hydrogen) atoms. The van der Waals surface area contributed by atoms with E-state index < -0.39 is 5.60 Å². The predicted octanol–water partition coefficient (Wildman–Crippen LogP) is 2.31. The van der Waals surface area contributed by atoms with Crippen molar-refractivity contribution in [1.29, 1.82) is 0 Å². The molecular weight excluding hydrogens is 402 g/mol. The van der Waals surface area contributed by atoms with E-state index in [1.54, 1.807) is 30.3 Å². The number of hydrogen-bond acceptors (Lipinski definition) is 5. The molecule has 8 nitrogen and oxygen atoms in total. The molecule has 0 spiro atoms. The van der Waals surface area contributed by atoms with E-state index in [-0.39, 0.29) is 24.6 Å². The average molecular weight is 438 g/mol. The second-order valence-corrected chi connectivity index (χ2v) is 9.65. The fourth-order valence-electron chi connectivity index (χ4n) is 2.98. The first-order valence-electron chi connectivity index (χ1n) is 10.4. The third kappa shape index (κ3) is 8.61. The van der Waals surface area contributed by atoms with Crippen LogP contribution in [0.25, 0.3) is 0 Å². The maximum absolute atomic E-state index is 12.4. The van der Waals surface area contributed by atoms with Gasteiger partial charge in [0.2, 0.25) is 5.91 Å². The summed E-state index contributed by atoms with van der Waals surface area (Å²) >= 11 is 1.72. The third-order valence-corrected chi connectivity index (χ3v) is 5.47. The summed E-state index contributed by atoms with van der Waals surface area (Å²) in [5.41, 5.74) is -0.514. The second-order valence-electron chi connectivity index (χ2n) is 8.62. The van der Waals surface area contributed by atoms with Crippen LogP contribution in [-0.4, -0.2) is 79.7 Å². The van der Waals surface area contributed by atoms with E-state index >= 15 is 0 Å². The van der Waals surface area contributed by atoms with E-state index in [9.17, 15) is 9.59 Å². The highest BCUT2D eigenvalue weighted by molar-refractivity contribution is 7.09. The van der Waals surface area contributed by atoms with Gasteiger partial charge in [0.1, 0.15) is 12.1 Å². The minimum absolute atomic E-state index is 0.0497. The van der Waals surface area contributed by atoms with Crippen molar-refractivity contribution >= 4 is 29.3 Å². The number of aliphatic imine (C=N–C) groups is 1. The lowest BCUT2D eigenvalue weighted by Crippen LogP contribution is -2.53. The van der Waals surface area contributed by atoms with Gasteiger partial charge in [0.15, 0.2) is 5.96 Å². The molecule has 0 radical (unpaired) electrons. The molecule has 0 bridgehead atoms. The maximum Gasteiger partial charge on any atom is 0.410 e. The Bertz CT molecular complexity index is 713. The number of nitrogens with one attached hydrogen (secondary N) is 2. The van der Waals surface area contributed by atoms with Crippen molar-refractivity contribution in [2.24, 2.45) is 4.99 Å². The normalized spacial score (nSPS) is 17.4. The molecular formula is C21H35N5O3S. The van der Waals surface area contributed by atoms with Crippen LogP contribution in [0.4, 0.5) is 4.79 Å². The summed E-state index contributed by atoms with van der Waals surface area (Å²) < 4.78 is 5.51. The maximum atomic E-state index is 12.4. The Labute approximate surface area is 183 Å². The number of ether oxygens (including phenoxy) is 1. The van der Waals surface area contributed by atoms with Gasteiger partial charge in [0, 0.05) is 44.6 Å². The molecule has 1 aliphatic rings. The van der Waals surface area contributed by atoms with Crippen molar-refractivity contribution in [2.45, 2.75) is 51.7 Å². The molecule has 1 atom stereocenters. The molecule has 9 heteroatoms. The molecule has 1 saturated heterocycles. The van der Waals surface area contributed by atoms with Crippen LogP contribution in [0.3, 0.4) is 0 Å². The first kappa shape index (κ1) is 24.0. The number of thiophene rings is 1. The summed E-state index contributed by atoms with van der Waals surface area (Å²) in [5.74, 6) is 0.533. The molecule has 2 rings (SSSR count). The zero-order chi connectivity index (χ0) is 22.1. The largest absolute Gasteiger partial charge is 0.444 e. The number of nitrogens with zero attached hydrogens (tertiary/aromatic N) is 3. The number of carbonyl (C=O) groups is 2. The Morgan fingerprint density at radius 2 is 2.13 bits per heavy atom. The van der Waals surface area contributed by atoms with E-state index in [0.717, 1.165) is 19.3 Å². The minimum Gasteiger partial charge on any atom is -0.444 e. The fraction of sp³-hybridized carbons (Fsp3) is 0.667. The van der Waals surface area contributed by atoms with Crippen LogP contribution in [0.5, 0.6) is 0 Å². The average Bonchev–Trinajstić information content (AvgIpc) is 3.18. The number of guanidine groups is 1. The summed E-state index contributed by atoms with van der Waals surface area (Å²) in [5, 5.41) is 8.78. The lowest BCUT2D eigenvalue weighted by atomic mass is 10.1. The van der Waals surface area contributed by atoms with Crippen molar-refractivity contribution in [1.82, 2.24) is 20.4 Å². The van der Waals surface area contributed by atoms with Gasteiger partial charge >= 0.3 is 6.09 Å². The van der Waals surface area contributed by atoms with Gasteiger partial charge in [0.25, 0.3) is 0 Å². The SMILES string of the molecule is CN(C)C(=O)CN=C(NCCc1cccs1)NC1CCCN(C(=O)OC(C)(C)C)C1. The van der Waals surface area contributed by atoms with Crippen LogP contribution in [-0.2, 0) is 16.0 Å². The molecule has 1 aliphatic heterocycles. The Morgan fingerprint density at radius 3 is 2.77 bits per heavy atom. The predicted molar refractivity (Wildman–Crippen MR) is 121 cm³/mol. The molecule has 0 saturated carbocycles. The first-order valence-corrected chi connectivity index (χ1v) is 11.3. The highest BCUT2D eigenvalue weighted by Gasteiger charge is 2.28. The van der Waals surface area contributed by atoms with Crippen LogP contribution >= 0.6 is 11.3 Å². The van der Waals surface area contributed by atoms with E-state index in [1.807, 2.05) is 26.8 Å². The number of piperidine rings is 1. The van der Waals surface area contributed by atoms with Crippen molar-refractivity contribution < 1.29 is 14.3 Å². The molecule has 2 heterocycles. The first-order chi connectivity index (χ1) is 14.1. The summed E-state index contributed by atoms with van der Waals surface area (Å²) in [7, 11) is 3.43. The monoisotopic (exact) mass is 437 g/mol. The van der Waals surface area contributed by atoms with Crippen LogP contribution < -0.4 is 10.6 Å². The summed E-state index contributed by atoms with van der Waals surface area (Å²) in [4.78, 5) is 33.4. The highest BCUT2D eigenvalue weighted by atomic mass is 32.1. The van der Waals surface area contributed by atoms with Gasteiger partial charge in [-0.3, -0.25) is 4.79 Å². The summed E-state index contributed by atoms with van der Waals surface area (Å²) in [6.07, 6.45) is 2.40. The van der Waals surface area contributed by atoms with Gasteiger partial charge in [0.05, 0.1) is 0 Å². The number of carbonyl (C=O) groups excluding carboxylic acids is 2. The third-order valence-electron chi connectivity index (χ3n) is 4.53. The molecule has 2 amide bonds. The highest BCUT2D eigenvalue weighted by Crippen LogP contribution is 2.15. The van der Waals surface area contributed by atoms with Gasteiger partial charge in [-0.25, -0.2) is 9.79 Å². The van der Waals surface area contributed by atoms with Gasteiger partial charge in [-0.1, -0.05) is 6.07 Å². The molecule has 1 aromatic heterocycles. The topological polar surface area (TPSA) is 86.3 Å². The zero-order valence-electron chi connectivity index (χ0n) is 18.7. The number of likely N-dealkylation sites (N-methyl/N-ethyl adjacent to an activating group) is 1. The van der Waals surface area contributed by atoms with Crippen LogP contribution in [0.15, 0.2) is 22.5 Å². The Kier molecular flexibility index (Phi) is 8.95. The van der Waals surface area contributed by atoms with Gasteiger partial charge in [-0.15, -0.1) is 11.3 Å². The molecule has 168 valence electrons. The standard InChI is InChI=1S/C21H35N5O3S/c1-21(2,3)29-20(28)26-12-6-8-16(15-26)24-19(23-14-18(27)25(4)5)22-11-10-17-9-7-13-30-17/h7,9,13,16H,6,8,10-12,14-15H2,1-5H3,(H2,22,23,24). The van der Waals surface area contributed by atoms with Crippen LogP contribution in [0.1, 0.15) is 38.5 Å². The van der Waals surface area contributed by atoms with Crippen LogP contribution in [0.2, 0.25) is 0 Å². The second kappa shape index (κ2) is 11.2. The molecule has 0 aromatic carbocycles. The van der Waals surface area contributed by atoms with Crippen molar-refractivity contribution in [3.63, 3.8) is 0 Å². The lowest BCUT2D eigenvalue weighted by Gasteiger charge is -2.35. The zero-order valence-corrected chi connectivity index (χ0v) is 19.6. The minimum atomic E-state index is -0.514. The lowest BCUT2D eigenvalue weighted by molar-refractivity contribution is -0.127. The van der Waals surface area contributed by atoms with Crippen molar-refractivity contribution in [3.05, 3.63) is 22.4 Å². The van der Waals surface area contributed by atoms with E-state index in [0.29, 0.717) is 25.6 Å². The molecule has 0 aliphatic carbocycles. The molecule has 1 aromatic rings.